The number of imidazole rings is 1. The number of carbonyl (C=O) groups excluding carboxylic acids is 1. The van der Waals surface area contributed by atoms with Gasteiger partial charge >= 0.3 is 0 Å². The lowest BCUT2D eigenvalue weighted by atomic mass is 10.1. The monoisotopic (exact) mass is 493 g/mol. The molecule has 172 valence electrons. The van der Waals surface area contributed by atoms with Crippen LogP contribution in [-0.2, 0) is 9.53 Å². The van der Waals surface area contributed by atoms with Gasteiger partial charge in [0.25, 0.3) is 5.91 Å². The van der Waals surface area contributed by atoms with Crippen molar-refractivity contribution < 1.29 is 14.3 Å². The van der Waals surface area contributed by atoms with Crippen LogP contribution in [0.5, 0.6) is 5.75 Å². The van der Waals surface area contributed by atoms with Gasteiger partial charge in [-0.05, 0) is 42.1 Å². The molecule has 0 unspecified atom stereocenters. The fourth-order valence-electron chi connectivity index (χ4n) is 3.90. The molecule has 0 aliphatic carbocycles. The molecular formula is C22H19N7O3S2. The molecule has 1 N–H and O–H groups in total. The van der Waals surface area contributed by atoms with Gasteiger partial charge in [-0.15, -0.1) is 16.4 Å². The summed E-state index contributed by atoms with van der Waals surface area (Å²) in [5.41, 5.74) is 2.47. The molecule has 0 spiro atoms. The molecule has 0 radical (unpaired) electrons. The molecule has 0 atom stereocenters. The molecule has 3 aromatic rings. The Labute approximate surface area is 202 Å². The maximum atomic E-state index is 13.0. The number of morpholine rings is 1. The van der Waals surface area contributed by atoms with Crippen molar-refractivity contribution in [1.29, 1.82) is 5.41 Å². The van der Waals surface area contributed by atoms with Gasteiger partial charge in [-0.25, -0.2) is 4.98 Å². The number of ether oxygens (including phenoxy) is 2. The van der Waals surface area contributed by atoms with Crippen molar-refractivity contribution in [2.75, 3.05) is 33.4 Å². The maximum Gasteiger partial charge on any atom is 0.283 e. The predicted octanol–water partition coefficient (Wildman–Crippen LogP) is 2.98. The summed E-state index contributed by atoms with van der Waals surface area (Å²) in [5, 5.41) is 17.8. The van der Waals surface area contributed by atoms with Gasteiger partial charge < -0.3 is 14.4 Å². The number of amidine groups is 3. The Morgan fingerprint density at radius 3 is 2.74 bits per heavy atom. The first-order chi connectivity index (χ1) is 16.6. The van der Waals surface area contributed by atoms with Crippen molar-refractivity contribution in [2.24, 2.45) is 10.1 Å². The van der Waals surface area contributed by atoms with E-state index in [1.165, 1.54) is 28.1 Å². The molecule has 0 saturated carbocycles. The minimum absolute atomic E-state index is 0.00313. The molecule has 5 heterocycles. The molecule has 3 aliphatic rings. The van der Waals surface area contributed by atoms with Gasteiger partial charge in [-0.2, -0.15) is 10.0 Å². The van der Waals surface area contributed by atoms with Gasteiger partial charge in [-0.3, -0.25) is 14.6 Å². The Kier molecular flexibility index (Phi) is 5.20. The summed E-state index contributed by atoms with van der Waals surface area (Å²) in [7, 11) is 1.62. The zero-order valence-corrected chi connectivity index (χ0v) is 19.7. The van der Waals surface area contributed by atoms with Gasteiger partial charge in [0.2, 0.25) is 5.17 Å². The van der Waals surface area contributed by atoms with Crippen LogP contribution in [0.15, 0.2) is 51.5 Å². The summed E-state index contributed by atoms with van der Waals surface area (Å²) < 4.78 is 12.6. The van der Waals surface area contributed by atoms with Crippen LogP contribution in [-0.4, -0.2) is 74.8 Å². The number of aliphatic imine (C=N–C) groups is 1. The number of nitrogens with zero attached hydrogens (tertiary/aromatic N) is 6. The van der Waals surface area contributed by atoms with E-state index in [0.717, 1.165) is 21.4 Å². The number of hydrazone groups is 1. The summed E-state index contributed by atoms with van der Waals surface area (Å²) in [6.45, 7) is 2.68. The van der Waals surface area contributed by atoms with Crippen LogP contribution in [0.1, 0.15) is 5.69 Å². The van der Waals surface area contributed by atoms with E-state index in [1.54, 1.807) is 13.2 Å². The number of amides is 1. The fourth-order valence-corrected chi connectivity index (χ4v) is 5.57. The standard InChI is InChI=1S/C22H19N7O3S2/c1-31-14-4-2-13(3-5-14)17-16(28-8-11-33-20(28)24-17)12-15-18(23)29-21(25-19(15)30)34-22(26-29)27-6-9-32-10-7-27/h2-5,8,11-12,23H,6-7,9-10H2,1H3. The van der Waals surface area contributed by atoms with E-state index in [4.69, 9.17) is 19.9 Å². The van der Waals surface area contributed by atoms with Gasteiger partial charge in [0.05, 0.1) is 37.3 Å². The first-order valence-electron chi connectivity index (χ1n) is 10.6. The fraction of sp³-hybridized carbons (Fsp3) is 0.227. The van der Waals surface area contributed by atoms with Gasteiger partial charge in [0.1, 0.15) is 5.75 Å². The van der Waals surface area contributed by atoms with E-state index < -0.39 is 5.91 Å². The molecular weight excluding hydrogens is 474 g/mol. The zero-order valence-electron chi connectivity index (χ0n) is 18.1. The third kappa shape index (κ3) is 3.50. The van der Waals surface area contributed by atoms with Crippen LogP contribution in [0.4, 0.5) is 0 Å². The minimum atomic E-state index is -0.465. The summed E-state index contributed by atoms with van der Waals surface area (Å²) in [5.74, 6) is 0.279. The van der Waals surface area contributed by atoms with Gasteiger partial charge in [0.15, 0.2) is 16.0 Å². The van der Waals surface area contributed by atoms with E-state index in [-0.39, 0.29) is 11.4 Å². The number of hydrogen-bond acceptors (Lipinski definition) is 9. The maximum absolute atomic E-state index is 13.0. The topological polar surface area (TPSA) is 108 Å². The molecule has 34 heavy (non-hydrogen) atoms. The number of nitrogens with one attached hydrogen (secondary N) is 1. The third-order valence-corrected chi connectivity index (χ3v) is 7.39. The lowest BCUT2D eigenvalue weighted by molar-refractivity contribution is -0.114. The second-order valence-corrected chi connectivity index (χ2v) is 9.44. The van der Waals surface area contributed by atoms with Crippen LogP contribution >= 0.6 is 23.1 Å². The quantitative estimate of drug-likeness (QED) is 0.559. The molecule has 1 aromatic carbocycles. The predicted molar refractivity (Wildman–Crippen MR) is 132 cm³/mol. The molecule has 3 aliphatic heterocycles. The molecule has 6 rings (SSSR count). The number of hydrogen-bond donors (Lipinski definition) is 1. The largest absolute Gasteiger partial charge is 0.497 e. The average Bonchev–Trinajstić information content (AvgIpc) is 3.58. The van der Waals surface area contributed by atoms with E-state index >= 15 is 0 Å². The van der Waals surface area contributed by atoms with E-state index in [1.807, 2.05) is 40.2 Å². The number of methoxy groups -OCH3 is 1. The summed E-state index contributed by atoms with van der Waals surface area (Å²) >= 11 is 2.81. The Bertz CT molecular complexity index is 1400. The van der Waals surface area contributed by atoms with Crippen LogP contribution in [0.25, 0.3) is 22.3 Å². The van der Waals surface area contributed by atoms with Crippen LogP contribution in [0.3, 0.4) is 0 Å². The molecule has 2 aromatic heterocycles. The lowest BCUT2D eigenvalue weighted by Gasteiger charge is -2.26. The zero-order chi connectivity index (χ0) is 23.2. The Hall–Kier alpha value is -3.48. The second kappa shape index (κ2) is 8.38. The second-order valence-electron chi connectivity index (χ2n) is 7.63. The van der Waals surface area contributed by atoms with Crippen molar-refractivity contribution in [3.63, 3.8) is 0 Å². The van der Waals surface area contributed by atoms with Crippen LogP contribution in [0, 0.1) is 5.41 Å². The third-order valence-electron chi connectivity index (χ3n) is 5.67. The van der Waals surface area contributed by atoms with Crippen molar-refractivity contribution in [3.8, 4) is 17.0 Å². The summed E-state index contributed by atoms with van der Waals surface area (Å²) in [6, 6.07) is 7.59. The van der Waals surface area contributed by atoms with Crippen molar-refractivity contribution >= 4 is 56.2 Å². The normalized spacial score (nSPS) is 19.6. The first-order valence-corrected chi connectivity index (χ1v) is 12.2. The Morgan fingerprint density at radius 1 is 1.18 bits per heavy atom. The summed E-state index contributed by atoms with van der Waals surface area (Å²) in [4.78, 5) is 24.9. The number of fused-ring (bicyclic) bond motifs is 2. The average molecular weight is 494 g/mol. The van der Waals surface area contributed by atoms with E-state index in [2.05, 4.69) is 15.0 Å². The number of benzene rings is 1. The molecule has 10 nitrogen and oxygen atoms in total. The van der Waals surface area contributed by atoms with Crippen LogP contribution < -0.4 is 4.74 Å². The number of aromatic nitrogens is 2. The first kappa shape index (κ1) is 21.1. The van der Waals surface area contributed by atoms with Crippen molar-refractivity contribution in [2.45, 2.75) is 0 Å². The Morgan fingerprint density at radius 2 is 1.97 bits per heavy atom. The van der Waals surface area contributed by atoms with Gasteiger partial charge in [-0.1, -0.05) is 0 Å². The number of thioether (sulfide) groups is 1. The highest BCUT2D eigenvalue weighted by Gasteiger charge is 2.38. The minimum Gasteiger partial charge on any atom is -0.497 e. The van der Waals surface area contributed by atoms with E-state index in [0.29, 0.717) is 42.9 Å². The molecule has 1 fully saturated rings. The molecule has 12 heteroatoms. The highest BCUT2D eigenvalue weighted by atomic mass is 32.2. The lowest BCUT2D eigenvalue weighted by Crippen LogP contribution is -2.39. The van der Waals surface area contributed by atoms with Crippen molar-refractivity contribution in [1.82, 2.24) is 19.3 Å². The highest BCUT2D eigenvalue weighted by Crippen LogP contribution is 2.33. The highest BCUT2D eigenvalue weighted by molar-refractivity contribution is 8.26. The van der Waals surface area contributed by atoms with Crippen LogP contribution in [0.2, 0.25) is 0 Å². The van der Waals surface area contributed by atoms with Gasteiger partial charge in [0, 0.05) is 30.2 Å². The van der Waals surface area contributed by atoms with Crippen molar-refractivity contribution in [3.05, 3.63) is 47.1 Å². The summed E-state index contributed by atoms with van der Waals surface area (Å²) in [6.07, 6.45) is 3.59. The molecule has 0 bridgehead atoms. The number of rotatable bonds is 3. The molecule has 1 amide bonds. The molecule has 1 saturated heterocycles. The Balaban J connectivity index is 1.40. The number of carbonyl (C=O) groups is 1. The van der Waals surface area contributed by atoms with E-state index in [9.17, 15) is 4.79 Å². The number of thiazole rings is 1. The smallest absolute Gasteiger partial charge is 0.283 e. The SMILES string of the molecule is COc1ccc(-c2nc3sccn3c2C=C2C(=N)N3N=C(N4CCOCC4)SC3=NC2=O)cc1.